The summed E-state index contributed by atoms with van der Waals surface area (Å²) >= 11 is 0. The third-order valence-electron chi connectivity index (χ3n) is 3.65. The van der Waals surface area contributed by atoms with Gasteiger partial charge in [0.25, 0.3) is 12.9 Å². The van der Waals surface area contributed by atoms with Crippen LogP contribution in [0.5, 0.6) is 0 Å². The van der Waals surface area contributed by atoms with Crippen molar-refractivity contribution in [1.82, 2.24) is 14.7 Å². The first-order valence-electron chi connectivity index (χ1n) is 6.97. The van der Waals surface area contributed by atoms with E-state index in [-0.39, 0.29) is 18.8 Å². The lowest BCUT2D eigenvalue weighted by Gasteiger charge is -2.30. The highest BCUT2D eigenvalue weighted by molar-refractivity contribution is 5.99. The number of aromatic nitrogens is 2. The summed E-state index contributed by atoms with van der Waals surface area (Å²) in [6, 6.07) is 0.544. The molecule has 2 rings (SSSR count). The highest BCUT2D eigenvalue weighted by atomic mass is 19.3. The smallest absolute Gasteiger partial charge is 0.282 e. The Bertz CT molecular complexity index is 647. The van der Waals surface area contributed by atoms with Crippen LogP contribution in [0, 0.1) is 5.92 Å². The van der Waals surface area contributed by atoms with Crippen molar-refractivity contribution < 1.29 is 32.4 Å². The molecule has 24 heavy (non-hydrogen) atoms. The van der Waals surface area contributed by atoms with E-state index in [0.717, 1.165) is 4.90 Å². The van der Waals surface area contributed by atoms with Gasteiger partial charge in [-0.3, -0.25) is 14.4 Å². The Kier molecular flexibility index (Phi) is 5.52. The van der Waals surface area contributed by atoms with Gasteiger partial charge in [-0.15, -0.1) is 0 Å². The Hall–Kier alpha value is -2.46. The Morgan fingerprint density at radius 3 is 2.67 bits per heavy atom. The van der Waals surface area contributed by atoms with Gasteiger partial charge < -0.3 is 10.0 Å². The molecule has 1 fully saturated rings. The summed E-state index contributed by atoms with van der Waals surface area (Å²) in [5.74, 6) is -1.24. The van der Waals surface area contributed by atoms with E-state index in [1.807, 2.05) is 0 Å². The van der Waals surface area contributed by atoms with E-state index in [1.54, 1.807) is 0 Å². The summed E-state index contributed by atoms with van der Waals surface area (Å²) in [4.78, 5) is 24.0. The van der Waals surface area contributed by atoms with Gasteiger partial charge in [0.05, 0.1) is 0 Å². The fourth-order valence-electron chi connectivity index (χ4n) is 2.42. The standard InChI is InChI=1S/C13H14F4N4O3/c14-12(15)8-4-9(13(16)17)21(18-8)5-11(23)20-2-1-7(6-22)3-10(20)19-24/h4,6-7,12-13,24H,1-3,5H2. The Morgan fingerprint density at radius 1 is 1.42 bits per heavy atom. The topological polar surface area (TPSA) is 87.8 Å². The molecule has 1 N–H and O–H groups in total. The number of piperidine rings is 1. The van der Waals surface area contributed by atoms with E-state index in [1.165, 1.54) is 0 Å². The number of amides is 1. The summed E-state index contributed by atoms with van der Waals surface area (Å²) in [5, 5.41) is 15.2. The SMILES string of the molecule is O=CC1CCN(C(=O)Cn2nc(C(F)F)cc2C(F)F)C(=NO)C1. The molecular formula is C13H14F4N4O3. The number of carbonyl (C=O) groups excluding carboxylic acids is 2. The zero-order valence-corrected chi connectivity index (χ0v) is 12.3. The van der Waals surface area contributed by atoms with Crippen LogP contribution in [0.25, 0.3) is 0 Å². The molecule has 1 aliphatic heterocycles. The number of halogens is 4. The Balaban J connectivity index is 2.18. The molecule has 132 valence electrons. The third-order valence-corrected chi connectivity index (χ3v) is 3.65. The minimum absolute atomic E-state index is 0.0227. The van der Waals surface area contributed by atoms with Gasteiger partial charge in [-0.2, -0.15) is 5.10 Å². The van der Waals surface area contributed by atoms with Gasteiger partial charge in [-0.05, 0) is 12.5 Å². The van der Waals surface area contributed by atoms with Gasteiger partial charge in [0, 0.05) is 18.9 Å². The normalized spacial score (nSPS) is 20.2. The van der Waals surface area contributed by atoms with Gasteiger partial charge >= 0.3 is 0 Å². The average Bonchev–Trinajstić information content (AvgIpc) is 2.98. The summed E-state index contributed by atoms with van der Waals surface area (Å²) < 4.78 is 51.5. The number of alkyl halides is 4. The van der Waals surface area contributed by atoms with Gasteiger partial charge in [0.2, 0.25) is 5.91 Å². The van der Waals surface area contributed by atoms with E-state index in [4.69, 9.17) is 5.21 Å². The fourth-order valence-corrected chi connectivity index (χ4v) is 2.42. The van der Waals surface area contributed by atoms with Gasteiger partial charge in [-0.1, -0.05) is 5.16 Å². The molecule has 11 heteroatoms. The fraction of sp³-hybridized carbons (Fsp3) is 0.538. The van der Waals surface area contributed by atoms with Crippen molar-refractivity contribution >= 4 is 18.0 Å². The number of likely N-dealkylation sites (tertiary alicyclic amines) is 1. The van der Waals surface area contributed by atoms with Crippen LogP contribution in [0.3, 0.4) is 0 Å². The quantitative estimate of drug-likeness (QED) is 0.381. The predicted octanol–water partition coefficient (Wildman–Crippen LogP) is 1.98. The lowest BCUT2D eigenvalue weighted by atomic mass is 9.97. The summed E-state index contributed by atoms with van der Waals surface area (Å²) in [7, 11) is 0. The van der Waals surface area contributed by atoms with Crippen molar-refractivity contribution in [2.24, 2.45) is 11.1 Å². The first-order valence-corrected chi connectivity index (χ1v) is 6.97. The van der Waals surface area contributed by atoms with Crippen molar-refractivity contribution in [1.29, 1.82) is 0 Å². The van der Waals surface area contributed by atoms with Gasteiger partial charge in [-0.25, -0.2) is 17.6 Å². The maximum absolute atomic E-state index is 12.9. The third kappa shape index (κ3) is 3.71. The van der Waals surface area contributed by atoms with Crippen LogP contribution >= 0.6 is 0 Å². The minimum Gasteiger partial charge on any atom is -0.409 e. The number of oxime groups is 1. The number of carbonyl (C=O) groups is 2. The molecule has 1 aromatic rings. The van der Waals surface area contributed by atoms with E-state index >= 15 is 0 Å². The average molecular weight is 350 g/mol. The number of hydrogen-bond donors (Lipinski definition) is 1. The van der Waals surface area contributed by atoms with Gasteiger partial charge in [0.15, 0.2) is 5.84 Å². The number of hydrogen-bond acceptors (Lipinski definition) is 5. The lowest BCUT2D eigenvalue weighted by Crippen LogP contribution is -2.45. The zero-order valence-electron chi connectivity index (χ0n) is 12.3. The molecule has 0 radical (unpaired) electrons. The molecule has 7 nitrogen and oxygen atoms in total. The Labute approximate surface area is 133 Å². The molecular weight excluding hydrogens is 336 g/mol. The van der Waals surface area contributed by atoms with E-state index in [2.05, 4.69) is 10.3 Å². The van der Waals surface area contributed by atoms with Crippen LogP contribution in [0.15, 0.2) is 11.2 Å². The van der Waals surface area contributed by atoms with Crippen LogP contribution in [0.2, 0.25) is 0 Å². The minimum atomic E-state index is -3.08. The van der Waals surface area contributed by atoms with E-state index < -0.39 is 42.6 Å². The maximum atomic E-state index is 12.9. The second-order valence-corrected chi connectivity index (χ2v) is 5.20. The maximum Gasteiger partial charge on any atom is 0.282 e. The molecule has 1 aliphatic rings. The molecule has 0 aliphatic carbocycles. The molecule has 0 bridgehead atoms. The van der Waals surface area contributed by atoms with Crippen molar-refractivity contribution in [3.05, 3.63) is 17.5 Å². The monoisotopic (exact) mass is 350 g/mol. The highest BCUT2D eigenvalue weighted by Crippen LogP contribution is 2.25. The molecule has 1 amide bonds. The molecule has 2 heterocycles. The van der Waals surface area contributed by atoms with Crippen LogP contribution in [0.4, 0.5) is 17.6 Å². The van der Waals surface area contributed by atoms with Crippen molar-refractivity contribution in [2.75, 3.05) is 6.54 Å². The van der Waals surface area contributed by atoms with Crippen LogP contribution < -0.4 is 0 Å². The second kappa shape index (κ2) is 7.41. The van der Waals surface area contributed by atoms with Crippen LogP contribution in [-0.4, -0.2) is 44.5 Å². The van der Waals surface area contributed by atoms with Crippen molar-refractivity contribution in [2.45, 2.75) is 32.2 Å². The molecule has 1 saturated heterocycles. The summed E-state index contributed by atoms with van der Waals surface area (Å²) in [6.07, 6.45) is -5.11. The largest absolute Gasteiger partial charge is 0.409 e. The van der Waals surface area contributed by atoms with E-state index in [9.17, 15) is 27.2 Å². The lowest BCUT2D eigenvalue weighted by molar-refractivity contribution is -0.129. The highest BCUT2D eigenvalue weighted by Gasteiger charge is 2.30. The van der Waals surface area contributed by atoms with E-state index in [0.29, 0.717) is 23.5 Å². The first-order chi connectivity index (χ1) is 11.4. The molecule has 0 aromatic carbocycles. The van der Waals surface area contributed by atoms with Crippen LogP contribution in [0.1, 0.15) is 37.1 Å². The second-order valence-electron chi connectivity index (χ2n) is 5.20. The van der Waals surface area contributed by atoms with Gasteiger partial charge in [0.1, 0.15) is 24.2 Å². The zero-order chi connectivity index (χ0) is 17.9. The van der Waals surface area contributed by atoms with Crippen molar-refractivity contribution in [3.63, 3.8) is 0 Å². The first kappa shape index (κ1) is 17.9. The number of rotatable bonds is 5. The molecule has 1 aromatic heterocycles. The number of nitrogens with zero attached hydrogens (tertiary/aromatic N) is 4. The number of amidine groups is 1. The van der Waals surface area contributed by atoms with Crippen LogP contribution in [-0.2, 0) is 16.1 Å². The van der Waals surface area contributed by atoms with Crippen molar-refractivity contribution in [3.8, 4) is 0 Å². The molecule has 1 atom stereocenters. The Morgan fingerprint density at radius 2 is 2.12 bits per heavy atom. The molecule has 1 unspecified atom stereocenters. The number of aldehydes is 1. The molecule has 0 spiro atoms. The summed E-state index contributed by atoms with van der Waals surface area (Å²) in [6.45, 7) is -0.661. The molecule has 0 saturated carbocycles. The summed E-state index contributed by atoms with van der Waals surface area (Å²) in [5.41, 5.74) is -1.65. The predicted molar refractivity (Wildman–Crippen MR) is 71.9 cm³/mol.